The predicted octanol–water partition coefficient (Wildman–Crippen LogP) is 2.49. The Kier molecular flexibility index (Phi) is 7.63. The number of furan rings is 1. The van der Waals surface area contributed by atoms with Crippen molar-refractivity contribution < 1.29 is 12.8 Å². The molecule has 0 saturated heterocycles. The van der Waals surface area contributed by atoms with Gasteiger partial charge in [-0.1, -0.05) is 12.1 Å². The lowest BCUT2D eigenvalue weighted by Gasteiger charge is -2.18. The minimum atomic E-state index is -3.68. The molecule has 0 spiro atoms. The number of rotatable bonds is 8. The number of nitrogens with two attached hydrogens (primary N) is 1. The number of hydrogen-bond donors (Lipinski definition) is 3. The zero-order valence-electron chi connectivity index (χ0n) is 16.5. The SMILES string of the molecule is CSC1CCC(NC(=NCc2ccc(S(N)(=O)=O)cc2)NCCc2ccco2)C1. The molecular weight excluding hydrogens is 408 g/mol. The summed E-state index contributed by atoms with van der Waals surface area (Å²) < 4.78 is 28.2. The summed E-state index contributed by atoms with van der Waals surface area (Å²) in [6, 6.07) is 10.8. The van der Waals surface area contributed by atoms with Gasteiger partial charge < -0.3 is 15.1 Å². The highest BCUT2D eigenvalue weighted by Crippen LogP contribution is 2.28. The molecule has 158 valence electrons. The topological polar surface area (TPSA) is 110 Å². The van der Waals surface area contributed by atoms with Crippen molar-refractivity contribution in [3.63, 3.8) is 0 Å². The van der Waals surface area contributed by atoms with Crippen LogP contribution in [0.2, 0.25) is 0 Å². The van der Waals surface area contributed by atoms with Crippen molar-refractivity contribution in [2.75, 3.05) is 12.8 Å². The van der Waals surface area contributed by atoms with Crippen LogP contribution in [-0.2, 0) is 23.0 Å². The van der Waals surface area contributed by atoms with Crippen molar-refractivity contribution in [1.29, 1.82) is 0 Å². The highest BCUT2D eigenvalue weighted by Gasteiger charge is 2.24. The number of thioether (sulfide) groups is 1. The molecule has 1 fully saturated rings. The van der Waals surface area contributed by atoms with Crippen LogP contribution >= 0.6 is 11.8 Å². The fourth-order valence-electron chi connectivity index (χ4n) is 3.35. The minimum Gasteiger partial charge on any atom is -0.469 e. The van der Waals surface area contributed by atoms with Gasteiger partial charge in [-0.15, -0.1) is 0 Å². The first-order chi connectivity index (χ1) is 13.9. The van der Waals surface area contributed by atoms with Gasteiger partial charge in [0.05, 0.1) is 17.7 Å². The first-order valence-electron chi connectivity index (χ1n) is 9.66. The Hall–Kier alpha value is -1.97. The Labute approximate surface area is 176 Å². The fourth-order valence-corrected chi connectivity index (χ4v) is 4.66. The lowest BCUT2D eigenvalue weighted by molar-refractivity contribution is 0.506. The van der Waals surface area contributed by atoms with Gasteiger partial charge in [0.2, 0.25) is 10.0 Å². The second-order valence-electron chi connectivity index (χ2n) is 7.12. The van der Waals surface area contributed by atoms with Crippen molar-refractivity contribution in [3.8, 4) is 0 Å². The van der Waals surface area contributed by atoms with E-state index in [9.17, 15) is 8.42 Å². The van der Waals surface area contributed by atoms with E-state index in [2.05, 4.69) is 16.9 Å². The Morgan fingerprint density at radius 3 is 2.69 bits per heavy atom. The molecule has 1 aromatic heterocycles. The molecule has 2 atom stereocenters. The first-order valence-corrected chi connectivity index (χ1v) is 12.5. The van der Waals surface area contributed by atoms with E-state index in [1.54, 1.807) is 18.4 Å². The average Bonchev–Trinajstić information content (AvgIpc) is 3.37. The van der Waals surface area contributed by atoms with E-state index in [-0.39, 0.29) is 4.90 Å². The summed E-state index contributed by atoms with van der Waals surface area (Å²) >= 11 is 1.92. The molecule has 0 aliphatic heterocycles. The molecule has 7 nitrogen and oxygen atoms in total. The molecule has 1 saturated carbocycles. The zero-order chi connectivity index (χ0) is 20.7. The Morgan fingerprint density at radius 2 is 2.07 bits per heavy atom. The molecule has 3 rings (SSSR count). The van der Waals surface area contributed by atoms with Gasteiger partial charge in [0, 0.05) is 24.3 Å². The number of hydrogen-bond acceptors (Lipinski definition) is 5. The van der Waals surface area contributed by atoms with Crippen LogP contribution in [-0.4, -0.2) is 38.5 Å². The molecule has 9 heteroatoms. The lowest BCUT2D eigenvalue weighted by Crippen LogP contribution is -2.43. The second-order valence-corrected chi connectivity index (χ2v) is 9.82. The maximum Gasteiger partial charge on any atom is 0.238 e. The predicted molar refractivity (Wildman–Crippen MR) is 117 cm³/mol. The van der Waals surface area contributed by atoms with Gasteiger partial charge in [-0.05, 0) is 55.3 Å². The Morgan fingerprint density at radius 1 is 1.28 bits per heavy atom. The van der Waals surface area contributed by atoms with E-state index in [1.807, 2.05) is 23.9 Å². The number of benzene rings is 1. The number of nitrogens with zero attached hydrogens (tertiary/aromatic N) is 1. The highest BCUT2D eigenvalue weighted by atomic mass is 32.2. The van der Waals surface area contributed by atoms with Gasteiger partial charge in [0.15, 0.2) is 5.96 Å². The van der Waals surface area contributed by atoms with Crippen LogP contribution < -0.4 is 15.8 Å². The third-order valence-corrected chi connectivity index (χ3v) is 7.00. The highest BCUT2D eigenvalue weighted by molar-refractivity contribution is 7.99. The van der Waals surface area contributed by atoms with Crippen LogP contribution in [0.4, 0.5) is 0 Å². The van der Waals surface area contributed by atoms with Gasteiger partial charge in [-0.25, -0.2) is 18.5 Å². The van der Waals surface area contributed by atoms with E-state index in [1.165, 1.54) is 18.6 Å². The van der Waals surface area contributed by atoms with Gasteiger partial charge >= 0.3 is 0 Å². The normalized spacial score (nSPS) is 20.0. The largest absolute Gasteiger partial charge is 0.469 e. The monoisotopic (exact) mass is 436 g/mol. The number of guanidine groups is 1. The smallest absolute Gasteiger partial charge is 0.238 e. The van der Waals surface area contributed by atoms with E-state index in [0.29, 0.717) is 24.4 Å². The number of nitrogens with one attached hydrogen (secondary N) is 2. The van der Waals surface area contributed by atoms with Gasteiger partial charge in [0.25, 0.3) is 0 Å². The molecule has 0 bridgehead atoms. The fraction of sp³-hybridized carbons (Fsp3) is 0.450. The minimum absolute atomic E-state index is 0.106. The van der Waals surface area contributed by atoms with Crippen LogP contribution in [0.1, 0.15) is 30.6 Å². The molecule has 0 amide bonds. The van der Waals surface area contributed by atoms with Gasteiger partial charge in [-0.2, -0.15) is 11.8 Å². The summed E-state index contributed by atoms with van der Waals surface area (Å²) in [5, 5.41) is 12.8. The molecule has 1 aliphatic carbocycles. The molecule has 2 aromatic rings. The van der Waals surface area contributed by atoms with Crippen molar-refractivity contribution in [2.24, 2.45) is 10.1 Å². The van der Waals surface area contributed by atoms with Crippen molar-refractivity contribution in [3.05, 3.63) is 54.0 Å². The van der Waals surface area contributed by atoms with Gasteiger partial charge in [0.1, 0.15) is 5.76 Å². The van der Waals surface area contributed by atoms with Crippen molar-refractivity contribution >= 4 is 27.7 Å². The number of primary sulfonamides is 1. The molecule has 1 heterocycles. The van der Waals surface area contributed by atoms with Crippen molar-refractivity contribution in [2.45, 2.75) is 48.4 Å². The first kappa shape index (κ1) is 21.7. The van der Waals surface area contributed by atoms with Crippen molar-refractivity contribution in [1.82, 2.24) is 10.6 Å². The van der Waals surface area contributed by atoms with E-state index >= 15 is 0 Å². The quantitative estimate of drug-likeness (QED) is 0.433. The van der Waals surface area contributed by atoms with Crippen LogP contribution in [0.3, 0.4) is 0 Å². The van der Waals surface area contributed by atoms with Crippen LogP contribution in [0.25, 0.3) is 0 Å². The van der Waals surface area contributed by atoms with E-state index < -0.39 is 10.0 Å². The maximum absolute atomic E-state index is 11.4. The third kappa shape index (κ3) is 6.80. The summed E-state index contributed by atoms with van der Waals surface area (Å²) in [5.74, 6) is 1.69. The molecular formula is C20H28N4O3S2. The molecule has 1 aromatic carbocycles. The second kappa shape index (κ2) is 10.2. The van der Waals surface area contributed by atoms with Crippen LogP contribution in [0.5, 0.6) is 0 Å². The Bertz CT molecular complexity index is 896. The molecule has 0 radical (unpaired) electrons. The molecule has 2 unspecified atom stereocenters. The molecule has 29 heavy (non-hydrogen) atoms. The lowest BCUT2D eigenvalue weighted by atomic mass is 10.2. The summed E-state index contributed by atoms with van der Waals surface area (Å²) in [7, 11) is -3.68. The number of sulfonamides is 1. The summed E-state index contributed by atoms with van der Waals surface area (Å²) in [6.45, 7) is 1.15. The van der Waals surface area contributed by atoms with E-state index in [4.69, 9.17) is 14.5 Å². The van der Waals surface area contributed by atoms with Crippen LogP contribution in [0, 0.1) is 0 Å². The number of aliphatic imine (C=N–C) groups is 1. The third-order valence-electron chi connectivity index (χ3n) is 4.97. The van der Waals surface area contributed by atoms with Gasteiger partial charge in [-0.3, -0.25) is 0 Å². The summed E-state index contributed by atoms with van der Waals surface area (Å²) in [4.78, 5) is 4.80. The zero-order valence-corrected chi connectivity index (χ0v) is 18.1. The van der Waals surface area contributed by atoms with E-state index in [0.717, 1.165) is 36.5 Å². The summed E-state index contributed by atoms with van der Waals surface area (Å²) in [6.07, 6.45) is 8.09. The molecule has 1 aliphatic rings. The molecule has 4 N–H and O–H groups in total. The Balaban J connectivity index is 1.62. The summed E-state index contributed by atoms with van der Waals surface area (Å²) in [5.41, 5.74) is 0.915. The van der Waals surface area contributed by atoms with Crippen LogP contribution in [0.15, 0.2) is 57.0 Å². The average molecular weight is 437 g/mol. The maximum atomic E-state index is 11.4. The standard InChI is InChI=1S/C20H28N4O3S2/c1-28-18-7-6-16(13-18)24-20(22-11-10-17-3-2-12-27-17)23-14-15-4-8-19(9-5-15)29(21,25)26/h2-5,8-9,12,16,18H,6-7,10-11,13-14H2,1H3,(H2,21,25,26)(H2,22,23,24).